The number of amides is 1. The zero-order valence-electron chi connectivity index (χ0n) is 15.1. The van der Waals surface area contributed by atoms with Crippen LogP contribution in [0, 0.1) is 0 Å². The van der Waals surface area contributed by atoms with Crippen LogP contribution in [0.4, 0.5) is 5.95 Å². The van der Waals surface area contributed by atoms with Crippen LogP contribution in [-0.2, 0) is 17.9 Å². The first kappa shape index (κ1) is 16.8. The van der Waals surface area contributed by atoms with Gasteiger partial charge in [0, 0.05) is 13.1 Å². The summed E-state index contributed by atoms with van der Waals surface area (Å²) < 4.78 is 2.06. The Labute approximate surface area is 153 Å². The van der Waals surface area contributed by atoms with E-state index >= 15 is 0 Å². The van der Waals surface area contributed by atoms with Crippen LogP contribution in [0.3, 0.4) is 0 Å². The van der Waals surface area contributed by atoms with Crippen LogP contribution in [-0.4, -0.2) is 32.9 Å². The largest absolute Gasteiger partial charge is 0.310 e. The van der Waals surface area contributed by atoms with Gasteiger partial charge >= 0.3 is 0 Å². The number of para-hydroxylation sites is 2. The first-order chi connectivity index (χ1) is 12.8. The molecule has 0 radical (unpaired) electrons. The van der Waals surface area contributed by atoms with E-state index in [1.54, 1.807) is 0 Å². The monoisotopic (exact) mass is 348 g/mol. The van der Waals surface area contributed by atoms with E-state index in [2.05, 4.69) is 38.8 Å². The third-order valence-electron chi connectivity index (χ3n) is 5.10. The molecule has 0 unspecified atom stereocenters. The highest BCUT2D eigenvalue weighted by Crippen LogP contribution is 2.23. The number of hydrogen-bond acceptors (Lipinski definition) is 3. The topological polar surface area (TPSA) is 50.2 Å². The van der Waals surface area contributed by atoms with Gasteiger partial charge in [-0.25, -0.2) is 4.98 Å². The number of nitrogens with zero attached hydrogens (tertiary/aromatic N) is 3. The number of nitrogens with one attached hydrogen (secondary N) is 1. The van der Waals surface area contributed by atoms with Crippen molar-refractivity contribution in [3.63, 3.8) is 0 Å². The summed E-state index contributed by atoms with van der Waals surface area (Å²) in [5.41, 5.74) is 3.21. The van der Waals surface area contributed by atoms with Gasteiger partial charge in [0.2, 0.25) is 11.9 Å². The Kier molecular flexibility index (Phi) is 4.71. The number of carbonyl (C=O) groups excluding carboxylic acids is 1. The molecule has 1 aliphatic heterocycles. The number of imidazole rings is 1. The molecule has 134 valence electrons. The average Bonchev–Trinajstić information content (AvgIpc) is 3.26. The molecule has 0 spiro atoms. The Morgan fingerprint density at radius 1 is 1.15 bits per heavy atom. The van der Waals surface area contributed by atoms with E-state index in [9.17, 15) is 4.79 Å². The molecule has 3 aromatic rings. The minimum atomic E-state index is -0.0969. The molecule has 26 heavy (non-hydrogen) atoms. The van der Waals surface area contributed by atoms with Crippen LogP contribution in [0.1, 0.15) is 25.3 Å². The van der Waals surface area contributed by atoms with E-state index in [-0.39, 0.29) is 11.9 Å². The normalized spacial score (nSPS) is 17.7. The van der Waals surface area contributed by atoms with Crippen LogP contribution in [0.25, 0.3) is 11.0 Å². The summed E-state index contributed by atoms with van der Waals surface area (Å²) in [6, 6.07) is 18.2. The van der Waals surface area contributed by atoms with Crippen LogP contribution in [0.2, 0.25) is 0 Å². The van der Waals surface area contributed by atoms with Gasteiger partial charge in [0.1, 0.15) is 0 Å². The summed E-state index contributed by atoms with van der Waals surface area (Å²) in [5.74, 6) is 0.689. The minimum absolute atomic E-state index is 0.0448. The lowest BCUT2D eigenvalue weighted by molar-refractivity contribution is -0.120. The average molecular weight is 348 g/mol. The molecule has 1 atom stereocenters. The lowest BCUT2D eigenvalue weighted by Crippen LogP contribution is -2.39. The standard InChI is InChI=1S/C21H24N4O/c1-2-25-18-12-7-6-11-17(18)22-21(25)23-20(26)19-13-8-14-24(19)15-16-9-4-3-5-10-16/h3-7,9-12,19H,2,8,13-15H2,1H3,(H,22,23,26)/t19-/m0/s1. The van der Waals surface area contributed by atoms with Crippen molar-refractivity contribution in [3.8, 4) is 0 Å². The molecule has 1 amide bonds. The van der Waals surface area contributed by atoms with Crippen molar-refractivity contribution in [1.29, 1.82) is 0 Å². The molecular weight excluding hydrogens is 324 g/mol. The Hall–Kier alpha value is -2.66. The number of aryl methyl sites for hydroxylation is 1. The zero-order chi connectivity index (χ0) is 17.9. The predicted molar refractivity (Wildman–Crippen MR) is 104 cm³/mol. The van der Waals surface area contributed by atoms with Gasteiger partial charge in [0.05, 0.1) is 17.1 Å². The summed E-state index contributed by atoms with van der Waals surface area (Å²) in [4.78, 5) is 19.8. The summed E-state index contributed by atoms with van der Waals surface area (Å²) in [6.07, 6.45) is 1.94. The van der Waals surface area contributed by atoms with Crippen LogP contribution >= 0.6 is 0 Å². The number of likely N-dealkylation sites (tertiary alicyclic amines) is 1. The zero-order valence-corrected chi connectivity index (χ0v) is 15.1. The quantitative estimate of drug-likeness (QED) is 0.765. The van der Waals surface area contributed by atoms with Gasteiger partial charge in [-0.2, -0.15) is 0 Å². The predicted octanol–water partition coefficient (Wildman–Crippen LogP) is 3.66. The third kappa shape index (κ3) is 3.22. The number of rotatable bonds is 5. The van der Waals surface area contributed by atoms with Crippen molar-refractivity contribution in [2.24, 2.45) is 0 Å². The number of benzene rings is 2. The van der Waals surface area contributed by atoms with Gasteiger partial charge in [-0.1, -0.05) is 42.5 Å². The number of anilines is 1. The van der Waals surface area contributed by atoms with E-state index in [0.717, 1.165) is 43.5 Å². The Balaban J connectivity index is 1.52. The van der Waals surface area contributed by atoms with Gasteiger partial charge in [-0.3, -0.25) is 15.0 Å². The van der Waals surface area contributed by atoms with Gasteiger partial charge in [0.15, 0.2) is 0 Å². The van der Waals surface area contributed by atoms with Crippen molar-refractivity contribution in [2.45, 2.75) is 38.9 Å². The van der Waals surface area contributed by atoms with Gasteiger partial charge in [-0.15, -0.1) is 0 Å². The van der Waals surface area contributed by atoms with E-state index < -0.39 is 0 Å². The van der Waals surface area contributed by atoms with Crippen molar-refractivity contribution < 1.29 is 4.79 Å². The highest BCUT2D eigenvalue weighted by Gasteiger charge is 2.31. The molecule has 2 aromatic carbocycles. The Morgan fingerprint density at radius 2 is 1.92 bits per heavy atom. The molecule has 1 saturated heterocycles. The fourth-order valence-corrected chi connectivity index (χ4v) is 3.81. The number of fused-ring (bicyclic) bond motifs is 1. The first-order valence-electron chi connectivity index (χ1n) is 9.30. The van der Waals surface area contributed by atoms with E-state index in [0.29, 0.717) is 5.95 Å². The van der Waals surface area contributed by atoms with Crippen molar-refractivity contribution in [3.05, 3.63) is 60.2 Å². The SMILES string of the molecule is CCn1c(NC(=O)[C@@H]2CCCN2Cc2ccccc2)nc2ccccc21. The van der Waals surface area contributed by atoms with Crippen LogP contribution in [0.15, 0.2) is 54.6 Å². The maximum atomic E-state index is 13.0. The fourth-order valence-electron chi connectivity index (χ4n) is 3.81. The summed E-state index contributed by atoms with van der Waals surface area (Å²) >= 11 is 0. The Bertz CT molecular complexity index is 903. The minimum Gasteiger partial charge on any atom is -0.310 e. The second kappa shape index (κ2) is 7.30. The molecule has 5 heteroatoms. The summed E-state index contributed by atoms with van der Waals surface area (Å²) in [7, 11) is 0. The van der Waals surface area contributed by atoms with Gasteiger partial charge in [-0.05, 0) is 44.0 Å². The van der Waals surface area contributed by atoms with E-state index in [1.165, 1.54) is 5.56 Å². The summed E-state index contributed by atoms with van der Waals surface area (Å²) in [6.45, 7) is 4.61. The number of carbonyl (C=O) groups is 1. The summed E-state index contributed by atoms with van der Waals surface area (Å²) in [5, 5.41) is 3.08. The van der Waals surface area contributed by atoms with E-state index in [4.69, 9.17) is 0 Å². The fraction of sp³-hybridized carbons (Fsp3) is 0.333. The maximum absolute atomic E-state index is 13.0. The lowest BCUT2D eigenvalue weighted by atomic mass is 10.1. The van der Waals surface area contributed by atoms with Crippen LogP contribution in [0.5, 0.6) is 0 Å². The van der Waals surface area contributed by atoms with Gasteiger partial charge < -0.3 is 4.57 Å². The number of hydrogen-bond donors (Lipinski definition) is 1. The smallest absolute Gasteiger partial charge is 0.244 e. The highest BCUT2D eigenvalue weighted by molar-refractivity contribution is 5.95. The van der Waals surface area contributed by atoms with E-state index in [1.807, 2.05) is 42.5 Å². The molecule has 1 aromatic heterocycles. The maximum Gasteiger partial charge on any atom is 0.244 e. The molecule has 1 N–H and O–H groups in total. The second-order valence-electron chi connectivity index (χ2n) is 6.77. The first-order valence-corrected chi connectivity index (χ1v) is 9.30. The molecule has 0 bridgehead atoms. The number of aromatic nitrogens is 2. The molecule has 1 aliphatic rings. The molecule has 0 saturated carbocycles. The van der Waals surface area contributed by atoms with Crippen molar-refractivity contribution >= 4 is 22.9 Å². The molecule has 1 fully saturated rings. The molecule has 2 heterocycles. The van der Waals surface area contributed by atoms with Crippen LogP contribution < -0.4 is 5.32 Å². The molecule has 0 aliphatic carbocycles. The molecule has 4 rings (SSSR count). The molecule has 5 nitrogen and oxygen atoms in total. The highest BCUT2D eigenvalue weighted by atomic mass is 16.2. The lowest BCUT2D eigenvalue weighted by Gasteiger charge is -2.23. The second-order valence-corrected chi connectivity index (χ2v) is 6.77. The molecular formula is C21H24N4O. The Morgan fingerprint density at radius 3 is 2.73 bits per heavy atom. The van der Waals surface area contributed by atoms with Crippen molar-refractivity contribution in [1.82, 2.24) is 14.5 Å². The van der Waals surface area contributed by atoms with Crippen molar-refractivity contribution in [2.75, 3.05) is 11.9 Å². The van der Waals surface area contributed by atoms with Gasteiger partial charge in [0.25, 0.3) is 0 Å². The third-order valence-corrected chi connectivity index (χ3v) is 5.10.